The van der Waals surface area contributed by atoms with Gasteiger partial charge >= 0.3 is 7.05 Å². The molecule has 1 aromatic rings. The van der Waals surface area contributed by atoms with Gasteiger partial charge in [-0.15, -0.1) is 0 Å². The Balaban J connectivity index is 2.10. The van der Waals surface area contributed by atoms with Gasteiger partial charge in [-0.1, -0.05) is 6.07 Å². The number of anilines is 1. The fourth-order valence-electron chi connectivity index (χ4n) is 2.26. The van der Waals surface area contributed by atoms with E-state index in [-0.39, 0.29) is 0 Å². The lowest BCUT2D eigenvalue weighted by Crippen LogP contribution is -2.43. The van der Waals surface area contributed by atoms with E-state index in [2.05, 4.69) is 17.4 Å². The molecule has 80 valence electrons. The summed E-state index contributed by atoms with van der Waals surface area (Å²) in [5.74, 6) is 0. The number of benzene rings is 1. The number of nitrogen functional groups attached to an aromatic ring is 1. The smallest absolute Gasteiger partial charge is 0.373 e. The second kappa shape index (κ2) is 4.25. The molecule has 0 heterocycles. The Bertz CT molecular complexity index is 354. The third kappa shape index (κ3) is 2.52. The average Bonchev–Trinajstić information content (AvgIpc) is 2.17. The van der Waals surface area contributed by atoms with E-state index in [9.17, 15) is 5.02 Å². The molecule has 0 fully saturated rings. The van der Waals surface area contributed by atoms with Crippen molar-refractivity contribution in [2.75, 3.05) is 5.73 Å². The molecule has 1 aliphatic carbocycles. The van der Waals surface area contributed by atoms with Gasteiger partial charge in [0.15, 0.2) is 0 Å². The van der Waals surface area contributed by atoms with Crippen LogP contribution in [0.2, 0.25) is 6.82 Å². The largest absolute Gasteiger partial charge is 0.437 e. The normalized spacial score (nSPS) is 19.7. The Labute approximate surface area is 90.8 Å². The van der Waals surface area contributed by atoms with Crippen LogP contribution in [0.5, 0.6) is 0 Å². The minimum absolute atomic E-state index is 0.390. The number of rotatable bonds is 2. The van der Waals surface area contributed by atoms with Gasteiger partial charge in [0.05, 0.1) is 0 Å². The second-order valence-electron chi connectivity index (χ2n) is 4.31. The van der Waals surface area contributed by atoms with Gasteiger partial charge in [-0.25, -0.2) is 0 Å². The molecule has 15 heavy (non-hydrogen) atoms. The van der Waals surface area contributed by atoms with Crippen LogP contribution in [-0.4, -0.2) is 18.1 Å². The fraction of sp³-hybridized carbons (Fsp3) is 0.455. The first-order chi connectivity index (χ1) is 7.15. The van der Waals surface area contributed by atoms with E-state index in [0.29, 0.717) is 6.04 Å². The summed E-state index contributed by atoms with van der Waals surface area (Å²) in [6.45, 7) is 1.76. The van der Waals surface area contributed by atoms with Crippen molar-refractivity contribution in [3.63, 3.8) is 0 Å². The maximum Gasteiger partial charge on any atom is 0.373 e. The van der Waals surface area contributed by atoms with Crippen LogP contribution in [-0.2, 0) is 12.8 Å². The van der Waals surface area contributed by atoms with E-state index >= 15 is 0 Å². The number of hydrogen-bond donors (Lipinski definition) is 3. The first-order valence-electron chi connectivity index (χ1n) is 5.46. The highest BCUT2D eigenvalue weighted by Gasteiger charge is 2.20. The molecular weight excluding hydrogens is 187 g/mol. The molecule has 1 aromatic carbocycles. The second-order valence-corrected chi connectivity index (χ2v) is 4.31. The zero-order valence-electron chi connectivity index (χ0n) is 9.03. The van der Waals surface area contributed by atoms with E-state index in [0.717, 1.165) is 24.9 Å². The monoisotopic (exact) mass is 204 g/mol. The molecule has 3 nitrogen and oxygen atoms in total. The fourth-order valence-corrected chi connectivity index (χ4v) is 2.26. The van der Waals surface area contributed by atoms with E-state index < -0.39 is 7.05 Å². The van der Waals surface area contributed by atoms with Gasteiger partial charge in [-0.3, -0.25) is 0 Å². The summed E-state index contributed by atoms with van der Waals surface area (Å²) >= 11 is 0. The van der Waals surface area contributed by atoms with Crippen LogP contribution in [0.3, 0.4) is 0 Å². The van der Waals surface area contributed by atoms with Gasteiger partial charge in [0, 0.05) is 11.7 Å². The standard InChI is InChI=1S/C11H17BN2O/c1-12(15)14-11-5-3-8-6-10(13)4-2-9(8)7-11/h2,4,6,11,14-15H,3,5,7,13H2,1H3. The van der Waals surface area contributed by atoms with Crippen LogP contribution in [0.4, 0.5) is 5.69 Å². The molecule has 0 amide bonds. The molecular formula is C11H17BN2O. The highest BCUT2D eigenvalue weighted by molar-refractivity contribution is 6.45. The maximum atomic E-state index is 9.27. The lowest BCUT2D eigenvalue weighted by atomic mass is 9.81. The molecule has 4 N–H and O–H groups in total. The molecule has 0 aromatic heterocycles. The highest BCUT2D eigenvalue weighted by Crippen LogP contribution is 2.23. The van der Waals surface area contributed by atoms with E-state index in [1.165, 1.54) is 11.1 Å². The SMILES string of the molecule is CB(O)NC1CCc2cc(N)ccc2C1. The third-order valence-corrected chi connectivity index (χ3v) is 2.94. The van der Waals surface area contributed by atoms with Crippen LogP contribution in [0.1, 0.15) is 17.5 Å². The third-order valence-electron chi connectivity index (χ3n) is 2.94. The molecule has 1 aliphatic rings. The van der Waals surface area contributed by atoms with Crippen molar-refractivity contribution in [1.29, 1.82) is 0 Å². The topological polar surface area (TPSA) is 58.3 Å². The lowest BCUT2D eigenvalue weighted by molar-refractivity contribution is 0.480. The Morgan fingerprint density at radius 1 is 1.47 bits per heavy atom. The van der Waals surface area contributed by atoms with Crippen molar-refractivity contribution in [1.82, 2.24) is 5.23 Å². The predicted molar refractivity (Wildman–Crippen MR) is 63.6 cm³/mol. The molecule has 4 heteroatoms. The predicted octanol–water partition coefficient (Wildman–Crippen LogP) is 0.826. The van der Waals surface area contributed by atoms with Gasteiger partial charge in [0.1, 0.15) is 0 Å². The zero-order chi connectivity index (χ0) is 10.8. The van der Waals surface area contributed by atoms with Gasteiger partial charge in [0.25, 0.3) is 0 Å². The molecule has 0 bridgehead atoms. The summed E-state index contributed by atoms with van der Waals surface area (Å²) < 4.78 is 0. The van der Waals surface area contributed by atoms with Gasteiger partial charge in [-0.05, 0) is 49.3 Å². The molecule has 1 unspecified atom stereocenters. The zero-order valence-corrected chi connectivity index (χ0v) is 9.03. The van der Waals surface area contributed by atoms with E-state index in [1.54, 1.807) is 6.82 Å². The number of fused-ring (bicyclic) bond motifs is 1. The summed E-state index contributed by atoms with van der Waals surface area (Å²) in [6, 6.07) is 6.50. The Morgan fingerprint density at radius 2 is 2.27 bits per heavy atom. The van der Waals surface area contributed by atoms with Crippen molar-refractivity contribution in [3.8, 4) is 0 Å². The van der Waals surface area contributed by atoms with Crippen molar-refractivity contribution < 1.29 is 5.02 Å². The summed E-state index contributed by atoms with van der Waals surface area (Å²) in [6.07, 6.45) is 3.10. The average molecular weight is 204 g/mol. The maximum absolute atomic E-state index is 9.27. The number of aryl methyl sites for hydroxylation is 1. The van der Waals surface area contributed by atoms with Crippen molar-refractivity contribution in [3.05, 3.63) is 29.3 Å². The van der Waals surface area contributed by atoms with E-state index in [1.807, 2.05) is 6.07 Å². The van der Waals surface area contributed by atoms with Crippen LogP contribution < -0.4 is 11.0 Å². The Hall–Kier alpha value is -0.995. The first kappa shape index (κ1) is 10.5. The van der Waals surface area contributed by atoms with Crippen LogP contribution in [0.15, 0.2) is 18.2 Å². The number of nitrogens with one attached hydrogen (secondary N) is 1. The highest BCUT2D eigenvalue weighted by atomic mass is 16.2. The number of hydrogen-bond acceptors (Lipinski definition) is 3. The van der Waals surface area contributed by atoms with Crippen molar-refractivity contribution in [2.45, 2.75) is 32.1 Å². The van der Waals surface area contributed by atoms with Crippen molar-refractivity contribution in [2.24, 2.45) is 0 Å². The summed E-state index contributed by atoms with van der Waals surface area (Å²) in [4.78, 5) is 0. The summed E-state index contributed by atoms with van der Waals surface area (Å²) in [5, 5.41) is 12.4. The van der Waals surface area contributed by atoms with Gasteiger partial charge in [0.2, 0.25) is 0 Å². The minimum Gasteiger partial charge on any atom is -0.437 e. The Morgan fingerprint density at radius 3 is 3.00 bits per heavy atom. The molecule has 0 radical (unpaired) electrons. The van der Waals surface area contributed by atoms with Crippen molar-refractivity contribution >= 4 is 12.7 Å². The lowest BCUT2D eigenvalue weighted by Gasteiger charge is -2.26. The molecule has 0 saturated carbocycles. The van der Waals surface area contributed by atoms with Crippen LogP contribution >= 0.6 is 0 Å². The first-order valence-corrected chi connectivity index (χ1v) is 5.46. The Kier molecular flexibility index (Phi) is 2.98. The minimum atomic E-state index is -0.426. The van der Waals surface area contributed by atoms with Crippen LogP contribution in [0, 0.1) is 0 Å². The van der Waals surface area contributed by atoms with E-state index in [4.69, 9.17) is 5.73 Å². The van der Waals surface area contributed by atoms with Gasteiger partial charge in [-0.2, -0.15) is 0 Å². The van der Waals surface area contributed by atoms with Crippen LogP contribution in [0.25, 0.3) is 0 Å². The molecule has 0 spiro atoms. The molecule has 0 saturated heterocycles. The summed E-state index contributed by atoms with van der Waals surface area (Å²) in [5.41, 5.74) is 9.30. The molecule has 1 atom stereocenters. The quantitative estimate of drug-likeness (QED) is 0.493. The molecule has 0 aliphatic heterocycles. The summed E-state index contributed by atoms with van der Waals surface area (Å²) in [7, 11) is -0.426. The molecule has 2 rings (SSSR count). The van der Waals surface area contributed by atoms with Gasteiger partial charge < -0.3 is 16.0 Å². The number of nitrogens with two attached hydrogens (primary N) is 1.